The Balaban J connectivity index is 1.29. The number of anilines is 1. The van der Waals surface area contributed by atoms with E-state index < -0.39 is 5.25 Å². The Morgan fingerprint density at radius 2 is 2.00 bits per heavy atom. The summed E-state index contributed by atoms with van der Waals surface area (Å²) in [5.74, 6) is -0.309. The van der Waals surface area contributed by atoms with E-state index in [4.69, 9.17) is 16.3 Å². The molecule has 158 valence electrons. The molecule has 0 bridgehead atoms. The molecule has 2 N–H and O–H groups in total. The number of hydrogen-bond donors (Lipinski definition) is 2. The first-order chi connectivity index (χ1) is 14.6. The van der Waals surface area contributed by atoms with E-state index in [0.717, 1.165) is 43.3 Å². The maximum absolute atomic E-state index is 12.5. The van der Waals surface area contributed by atoms with Crippen molar-refractivity contribution in [3.8, 4) is 0 Å². The standard InChI is InChI=1S/C22H24ClN3O3S/c23-17-4-5-19-18(11-17)25-22(28)20(30-19)12-21(27)24-13-15-2-1-3-16(10-15)14-26-6-8-29-9-7-26/h1-5,10-11,20H,6-9,12-14H2,(H,24,27)(H,25,28). The summed E-state index contributed by atoms with van der Waals surface area (Å²) in [6, 6.07) is 13.6. The number of ether oxygens (including phenoxy) is 1. The van der Waals surface area contributed by atoms with Crippen molar-refractivity contribution in [2.45, 2.75) is 29.7 Å². The quantitative estimate of drug-likeness (QED) is 0.714. The zero-order valence-electron chi connectivity index (χ0n) is 16.5. The van der Waals surface area contributed by atoms with Crippen LogP contribution in [0, 0.1) is 0 Å². The number of halogens is 1. The summed E-state index contributed by atoms with van der Waals surface area (Å²) in [5.41, 5.74) is 2.97. The smallest absolute Gasteiger partial charge is 0.238 e. The van der Waals surface area contributed by atoms with Crippen molar-refractivity contribution in [2.24, 2.45) is 0 Å². The van der Waals surface area contributed by atoms with Gasteiger partial charge in [-0.3, -0.25) is 14.5 Å². The van der Waals surface area contributed by atoms with E-state index >= 15 is 0 Å². The van der Waals surface area contributed by atoms with Gasteiger partial charge in [0.15, 0.2) is 0 Å². The second kappa shape index (κ2) is 9.83. The van der Waals surface area contributed by atoms with E-state index in [-0.39, 0.29) is 18.2 Å². The second-order valence-corrected chi connectivity index (χ2v) is 9.11. The lowest BCUT2D eigenvalue weighted by Gasteiger charge is -2.26. The number of thioether (sulfide) groups is 1. The first kappa shape index (κ1) is 21.2. The van der Waals surface area contributed by atoms with Gasteiger partial charge in [0, 0.05) is 42.5 Å². The maximum atomic E-state index is 12.5. The van der Waals surface area contributed by atoms with E-state index in [1.165, 1.54) is 17.3 Å². The Hall–Kier alpha value is -2.06. The molecule has 8 heteroatoms. The molecule has 1 atom stereocenters. The Labute approximate surface area is 185 Å². The van der Waals surface area contributed by atoms with Gasteiger partial charge in [0.25, 0.3) is 0 Å². The lowest BCUT2D eigenvalue weighted by atomic mass is 10.1. The van der Waals surface area contributed by atoms with Gasteiger partial charge in [0.2, 0.25) is 11.8 Å². The maximum Gasteiger partial charge on any atom is 0.238 e. The van der Waals surface area contributed by atoms with Crippen molar-refractivity contribution in [1.29, 1.82) is 0 Å². The molecule has 0 spiro atoms. The van der Waals surface area contributed by atoms with Gasteiger partial charge in [0.05, 0.1) is 24.2 Å². The van der Waals surface area contributed by atoms with Gasteiger partial charge in [0.1, 0.15) is 0 Å². The minimum absolute atomic E-state index is 0.131. The fraction of sp³-hybridized carbons (Fsp3) is 0.364. The zero-order chi connectivity index (χ0) is 20.9. The van der Waals surface area contributed by atoms with Gasteiger partial charge >= 0.3 is 0 Å². The number of carbonyl (C=O) groups is 2. The van der Waals surface area contributed by atoms with Crippen LogP contribution in [0.3, 0.4) is 0 Å². The number of rotatable bonds is 6. The number of nitrogens with zero attached hydrogens (tertiary/aromatic N) is 1. The van der Waals surface area contributed by atoms with Gasteiger partial charge in [-0.05, 0) is 29.3 Å². The summed E-state index contributed by atoms with van der Waals surface area (Å²) in [7, 11) is 0. The van der Waals surface area contributed by atoms with E-state index in [2.05, 4.69) is 27.7 Å². The number of carbonyl (C=O) groups excluding carboxylic acids is 2. The number of amides is 2. The third-order valence-corrected chi connectivity index (χ3v) is 6.63. The molecule has 6 nitrogen and oxygen atoms in total. The van der Waals surface area contributed by atoms with Crippen molar-refractivity contribution >= 4 is 40.9 Å². The molecule has 1 unspecified atom stereocenters. The van der Waals surface area contributed by atoms with Gasteiger partial charge < -0.3 is 15.4 Å². The fourth-order valence-corrected chi connectivity index (χ4v) is 4.82. The first-order valence-corrected chi connectivity index (χ1v) is 11.2. The molecule has 0 saturated carbocycles. The number of benzene rings is 2. The summed E-state index contributed by atoms with van der Waals surface area (Å²) >= 11 is 7.38. The predicted molar refractivity (Wildman–Crippen MR) is 119 cm³/mol. The molecule has 0 radical (unpaired) electrons. The van der Waals surface area contributed by atoms with E-state index in [0.29, 0.717) is 17.3 Å². The number of hydrogen-bond acceptors (Lipinski definition) is 5. The Morgan fingerprint density at radius 3 is 2.83 bits per heavy atom. The summed E-state index contributed by atoms with van der Waals surface area (Å²) < 4.78 is 5.40. The molecule has 2 aromatic rings. The van der Waals surface area contributed by atoms with E-state index in [9.17, 15) is 9.59 Å². The van der Waals surface area contributed by atoms with Crippen LogP contribution in [-0.2, 0) is 27.4 Å². The molecule has 30 heavy (non-hydrogen) atoms. The highest BCUT2D eigenvalue weighted by Crippen LogP contribution is 2.38. The van der Waals surface area contributed by atoms with Crippen LogP contribution < -0.4 is 10.6 Å². The normalized spacial score (nSPS) is 19.1. The molecule has 4 rings (SSSR count). The molecule has 0 aliphatic carbocycles. The molecule has 1 saturated heterocycles. The molecule has 2 aromatic carbocycles. The first-order valence-electron chi connectivity index (χ1n) is 9.98. The van der Waals surface area contributed by atoms with Crippen LogP contribution in [0.5, 0.6) is 0 Å². The summed E-state index contributed by atoms with van der Waals surface area (Å²) in [6.45, 7) is 4.77. The van der Waals surface area contributed by atoms with Crippen LogP contribution >= 0.6 is 23.4 Å². The Bertz CT molecular complexity index is 934. The van der Waals surface area contributed by atoms with E-state index in [1.54, 1.807) is 12.1 Å². The molecular weight excluding hydrogens is 422 g/mol. The monoisotopic (exact) mass is 445 g/mol. The second-order valence-electron chi connectivity index (χ2n) is 7.43. The summed E-state index contributed by atoms with van der Waals surface area (Å²) in [5, 5.41) is 5.90. The number of nitrogens with one attached hydrogen (secondary N) is 2. The lowest BCUT2D eigenvalue weighted by Crippen LogP contribution is -2.35. The summed E-state index contributed by atoms with van der Waals surface area (Å²) in [4.78, 5) is 28.1. The van der Waals surface area contributed by atoms with Crippen LogP contribution in [-0.4, -0.2) is 48.3 Å². The lowest BCUT2D eigenvalue weighted by molar-refractivity contribution is -0.124. The average Bonchev–Trinajstić information content (AvgIpc) is 2.74. The van der Waals surface area contributed by atoms with Crippen molar-refractivity contribution < 1.29 is 14.3 Å². The highest BCUT2D eigenvalue weighted by molar-refractivity contribution is 8.01. The van der Waals surface area contributed by atoms with Crippen molar-refractivity contribution in [1.82, 2.24) is 10.2 Å². The summed E-state index contributed by atoms with van der Waals surface area (Å²) in [6.07, 6.45) is 0.131. The SMILES string of the molecule is O=C(CC1Sc2ccc(Cl)cc2NC1=O)NCc1cccc(CN2CCOCC2)c1. The van der Waals surface area contributed by atoms with Gasteiger partial charge in [-0.1, -0.05) is 35.9 Å². The van der Waals surface area contributed by atoms with Gasteiger partial charge in [-0.2, -0.15) is 0 Å². The molecule has 0 aromatic heterocycles. The van der Waals surface area contributed by atoms with Crippen LogP contribution in [0.2, 0.25) is 5.02 Å². The average molecular weight is 446 g/mol. The van der Waals surface area contributed by atoms with Gasteiger partial charge in [-0.15, -0.1) is 11.8 Å². The van der Waals surface area contributed by atoms with Gasteiger partial charge in [-0.25, -0.2) is 0 Å². The van der Waals surface area contributed by atoms with Crippen molar-refractivity contribution in [3.05, 3.63) is 58.6 Å². The molecule has 2 aliphatic heterocycles. The minimum Gasteiger partial charge on any atom is -0.379 e. The predicted octanol–water partition coefficient (Wildman–Crippen LogP) is 3.29. The Morgan fingerprint density at radius 1 is 1.20 bits per heavy atom. The van der Waals surface area contributed by atoms with Crippen molar-refractivity contribution in [2.75, 3.05) is 31.6 Å². The Kier molecular flexibility index (Phi) is 6.94. The largest absolute Gasteiger partial charge is 0.379 e. The third kappa shape index (κ3) is 5.55. The fourth-order valence-electron chi connectivity index (χ4n) is 3.55. The molecule has 2 amide bonds. The molecule has 2 heterocycles. The molecular formula is C22H24ClN3O3S. The molecule has 2 aliphatic rings. The van der Waals surface area contributed by atoms with Crippen LogP contribution in [0.25, 0.3) is 0 Å². The number of morpholine rings is 1. The van der Waals surface area contributed by atoms with Crippen molar-refractivity contribution in [3.63, 3.8) is 0 Å². The molecule has 1 fully saturated rings. The zero-order valence-corrected chi connectivity index (χ0v) is 18.1. The van der Waals surface area contributed by atoms with Crippen LogP contribution in [0.1, 0.15) is 17.5 Å². The van der Waals surface area contributed by atoms with E-state index in [1.807, 2.05) is 18.2 Å². The highest BCUT2D eigenvalue weighted by Gasteiger charge is 2.29. The third-order valence-electron chi connectivity index (χ3n) is 5.12. The van der Waals surface area contributed by atoms with Crippen LogP contribution in [0.15, 0.2) is 47.4 Å². The minimum atomic E-state index is -0.452. The highest BCUT2D eigenvalue weighted by atomic mass is 35.5. The topological polar surface area (TPSA) is 70.7 Å². The van der Waals surface area contributed by atoms with Crippen LogP contribution in [0.4, 0.5) is 5.69 Å². The number of fused-ring (bicyclic) bond motifs is 1.